The fourth-order valence-electron chi connectivity index (χ4n) is 1.71. The van der Waals surface area contributed by atoms with Gasteiger partial charge in [0.05, 0.1) is 25.3 Å². The minimum absolute atomic E-state index is 0.0496. The summed E-state index contributed by atoms with van der Waals surface area (Å²) in [4.78, 5) is 12.1. The molecule has 12 heavy (non-hydrogen) atoms. The lowest BCUT2D eigenvalue weighted by Crippen LogP contribution is -2.59. The van der Waals surface area contributed by atoms with Gasteiger partial charge >= 0.3 is 6.09 Å². The average molecular weight is 172 g/mol. The summed E-state index contributed by atoms with van der Waals surface area (Å²) in [6, 6.07) is 0. The molecule has 0 aromatic heterocycles. The van der Waals surface area contributed by atoms with Gasteiger partial charge in [-0.1, -0.05) is 0 Å². The summed E-state index contributed by atoms with van der Waals surface area (Å²) in [7, 11) is 0. The van der Waals surface area contributed by atoms with Crippen LogP contribution in [0.1, 0.15) is 0 Å². The third kappa shape index (κ3) is 1.37. The molecule has 2 heterocycles. The van der Waals surface area contributed by atoms with Gasteiger partial charge in [0.25, 0.3) is 0 Å². The summed E-state index contributed by atoms with van der Waals surface area (Å²) in [5.41, 5.74) is 0. The van der Waals surface area contributed by atoms with Crippen molar-refractivity contribution in [3.05, 3.63) is 0 Å². The highest BCUT2D eigenvalue weighted by atomic mass is 16.5. The molecule has 2 aliphatic rings. The molecule has 2 unspecified atom stereocenters. The van der Waals surface area contributed by atoms with Gasteiger partial charge in [0, 0.05) is 13.1 Å². The van der Waals surface area contributed by atoms with Crippen LogP contribution >= 0.6 is 0 Å². The Labute approximate surface area is 70.3 Å². The topological polar surface area (TPSA) is 61.8 Å². The fraction of sp³-hybridized carbons (Fsp3) is 0.857. The van der Waals surface area contributed by atoms with Crippen molar-refractivity contribution < 1.29 is 14.6 Å². The molecule has 5 heteroatoms. The summed E-state index contributed by atoms with van der Waals surface area (Å²) in [6.45, 7) is 2.53. The molecule has 2 N–H and O–H groups in total. The van der Waals surface area contributed by atoms with Crippen LogP contribution in [0, 0.1) is 0 Å². The Kier molecular flexibility index (Phi) is 1.90. The average Bonchev–Trinajstić information content (AvgIpc) is 2.03. The third-order valence-electron chi connectivity index (χ3n) is 2.25. The third-order valence-corrected chi connectivity index (χ3v) is 2.25. The number of fused-ring (bicyclic) bond motifs is 2. The molecule has 68 valence electrons. The monoisotopic (exact) mass is 172 g/mol. The normalized spacial score (nSPS) is 34.8. The smallest absolute Gasteiger partial charge is 0.407 e. The zero-order valence-corrected chi connectivity index (χ0v) is 6.69. The maximum Gasteiger partial charge on any atom is 0.407 e. The number of nitrogens with one attached hydrogen (secondary N) is 1. The first-order chi connectivity index (χ1) is 5.75. The first kappa shape index (κ1) is 7.82. The number of nitrogens with zero attached hydrogens (tertiary/aromatic N) is 1. The van der Waals surface area contributed by atoms with Gasteiger partial charge in [-0.3, -0.25) is 0 Å². The van der Waals surface area contributed by atoms with E-state index in [1.54, 1.807) is 0 Å². The van der Waals surface area contributed by atoms with Gasteiger partial charge in [-0.05, 0) is 0 Å². The second-order valence-electron chi connectivity index (χ2n) is 3.23. The van der Waals surface area contributed by atoms with E-state index in [9.17, 15) is 4.79 Å². The summed E-state index contributed by atoms with van der Waals surface area (Å²) >= 11 is 0. The molecule has 0 aromatic carbocycles. The summed E-state index contributed by atoms with van der Waals surface area (Å²) in [5.74, 6) is 0. The minimum atomic E-state index is -0.838. The van der Waals surface area contributed by atoms with Gasteiger partial charge in [-0.25, -0.2) is 4.79 Å². The number of hydrogen-bond acceptors (Lipinski definition) is 3. The molecule has 2 atom stereocenters. The van der Waals surface area contributed by atoms with Crippen molar-refractivity contribution in [1.82, 2.24) is 10.2 Å². The van der Waals surface area contributed by atoms with E-state index in [0.717, 1.165) is 13.1 Å². The standard InChI is InChI=1S/C7H12N2O3/c10-7(11)9-3-5-1-8-2-6(4-9)12-5/h5-6,8H,1-4H2,(H,10,11). The van der Waals surface area contributed by atoms with Crippen LogP contribution in [-0.2, 0) is 4.74 Å². The molecule has 1 amide bonds. The number of hydrogen-bond donors (Lipinski definition) is 2. The summed E-state index contributed by atoms with van der Waals surface area (Å²) < 4.78 is 5.54. The Hall–Kier alpha value is -0.810. The summed E-state index contributed by atoms with van der Waals surface area (Å²) in [5, 5.41) is 11.9. The Bertz CT molecular complexity index is 185. The number of rotatable bonds is 0. The number of carboxylic acid groups (broad SMARTS) is 1. The van der Waals surface area contributed by atoms with Gasteiger partial charge in [0.1, 0.15) is 0 Å². The van der Waals surface area contributed by atoms with Crippen LogP contribution in [0.25, 0.3) is 0 Å². The zero-order chi connectivity index (χ0) is 8.55. The largest absolute Gasteiger partial charge is 0.465 e. The van der Waals surface area contributed by atoms with E-state index in [2.05, 4.69) is 5.32 Å². The van der Waals surface area contributed by atoms with Gasteiger partial charge in [-0.15, -0.1) is 0 Å². The lowest BCUT2D eigenvalue weighted by atomic mass is 10.1. The minimum Gasteiger partial charge on any atom is -0.465 e. The molecular formula is C7H12N2O3. The van der Waals surface area contributed by atoms with E-state index in [4.69, 9.17) is 9.84 Å². The second kappa shape index (κ2) is 2.91. The zero-order valence-electron chi connectivity index (χ0n) is 6.69. The van der Waals surface area contributed by atoms with Crippen LogP contribution in [-0.4, -0.2) is 54.5 Å². The highest BCUT2D eigenvalue weighted by Gasteiger charge is 2.32. The van der Waals surface area contributed by atoms with Crippen LogP contribution in [0.4, 0.5) is 4.79 Å². The number of morpholine rings is 2. The van der Waals surface area contributed by atoms with Crippen LogP contribution in [0.15, 0.2) is 0 Å². The highest BCUT2D eigenvalue weighted by molar-refractivity contribution is 5.65. The van der Waals surface area contributed by atoms with E-state index in [1.807, 2.05) is 0 Å². The molecule has 0 saturated carbocycles. The molecule has 0 aromatic rings. The predicted molar refractivity (Wildman–Crippen MR) is 41.1 cm³/mol. The van der Waals surface area contributed by atoms with Crippen LogP contribution < -0.4 is 5.32 Å². The van der Waals surface area contributed by atoms with Gasteiger partial charge < -0.3 is 20.1 Å². The molecule has 2 rings (SSSR count). The molecular weight excluding hydrogens is 160 g/mol. The van der Waals surface area contributed by atoms with E-state index in [-0.39, 0.29) is 12.2 Å². The molecule has 2 fully saturated rings. The van der Waals surface area contributed by atoms with Crippen molar-refractivity contribution >= 4 is 6.09 Å². The molecule has 5 nitrogen and oxygen atoms in total. The van der Waals surface area contributed by atoms with Crippen molar-refractivity contribution in [2.24, 2.45) is 0 Å². The molecule has 2 aliphatic heterocycles. The number of ether oxygens (including phenoxy) is 1. The maximum absolute atomic E-state index is 10.6. The van der Waals surface area contributed by atoms with Crippen molar-refractivity contribution in [3.8, 4) is 0 Å². The molecule has 2 bridgehead atoms. The lowest BCUT2D eigenvalue weighted by molar-refractivity contribution is -0.0950. The van der Waals surface area contributed by atoms with E-state index < -0.39 is 6.09 Å². The molecule has 2 saturated heterocycles. The van der Waals surface area contributed by atoms with Crippen LogP contribution in [0.2, 0.25) is 0 Å². The Morgan fingerprint density at radius 2 is 2.00 bits per heavy atom. The molecule has 0 spiro atoms. The predicted octanol–water partition coefficient (Wildman–Crippen LogP) is -0.663. The maximum atomic E-state index is 10.6. The first-order valence-electron chi connectivity index (χ1n) is 4.10. The first-order valence-corrected chi connectivity index (χ1v) is 4.10. The Morgan fingerprint density at radius 1 is 1.42 bits per heavy atom. The van der Waals surface area contributed by atoms with Gasteiger partial charge in [-0.2, -0.15) is 0 Å². The van der Waals surface area contributed by atoms with Gasteiger partial charge in [0.15, 0.2) is 0 Å². The van der Waals surface area contributed by atoms with Crippen molar-refractivity contribution in [2.45, 2.75) is 12.2 Å². The SMILES string of the molecule is O=C(O)N1CC2CNCC(C1)O2. The molecule has 0 radical (unpaired) electrons. The summed E-state index contributed by atoms with van der Waals surface area (Å²) in [6.07, 6.45) is -0.739. The van der Waals surface area contributed by atoms with Crippen molar-refractivity contribution in [2.75, 3.05) is 26.2 Å². The number of amides is 1. The van der Waals surface area contributed by atoms with E-state index in [0.29, 0.717) is 13.1 Å². The second-order valence-corrected chi connectivity index (χ2v) is 3.23. The molecule has 0 aliphatic carbocycles. The quantitative estimate of drug-likeness (QED) is 0.509. The fourth-order valence-corrected chi connectivity index (χ4v) is 1.71. The van der Waals surface area contributed by atoms with E-state index in [1.165, 1.54) is 4.90 Å². The van der Waals surface area contributed by atoms with Gasteiger partial charge in [0.2, 0.25) is 0 Å². The number of carbonyl (C=O) groups is 1. The Balaban J connectivity index is 2.00. The Morgan fingerprint density at radius 3 is 2.50 bits per heavy atom. The van der Waals surface area contributed by atoms with Crippen LogP contribution in [0.5, 0.6) is 0 Å². The highest BCUT2D eigenvalue weighted by Crippen LogP contribution is 2.13. The van der Waals surface area contributed by atoms with Crippen LogP contribution in [0.3, 0.4) is 0 Å². The van der Waals surface area contributed by atoms with Crippen molar-refractivity contribution in [1.29, 1.82) is 0 Å². The van der Waals surface area contributed by atoms with Crippen molar-refractivity contribution in [3.63, 3.8) is 0 Å². The van der Waals surface area contributed by atoms with E-state index >= 15 is 0 Å². The lowest BCUT2D eigenvalue weighted by Gasteiger charge is -2.40.